The molecule has 1 aromatic heterocycles. The van der Waals surface area contributed by atoms with E-state index in [4.69, 9.17) is 4.42 Å². The average molecular weight is 319 g/mol. The minimum atomic E-state index is -0.558. The van der Waals surface area contributed by atoms with Crippen LogP contribution in [0.15, 0.2) is 28.7 Å². The van der Waals surface area contributed by atoms with Crippen molar-refractivity contribution < 1.29 is 9.52 Å². The molecule has 22 heavy (non-hydrogen) atoms. The minimum absolute atomic E-state index is 0.112. The van der Waals surface area contributed by atoms with E-state index in [-0.39, 0.29) is 6.04 Å². The molecular formula is C18H25NO2S. The molecule has 2 heterocycles. The summed E-state index contributed by atoms with van der Waals surface area (Å²) in [5.74, 6) is 3.12. The van der Waals surface area contributed by atoms with Crippen molar-refractivity contribution in [3.05, 3.63) is 35.6 Å². The largest absolute Gasteiger partial charge is 0.459 e. The molecule has 3 rings (SSSR count). The predicted molar refractivity (Wildman–Crippen MR) is 93.5 cm³/mol. The van der Waals surface area contributed by atoms with Crippen molar-refractivity contribution in [2.45, 2.75) is 44.8 Å². The lowest BCUT2D eigenvalue weighted by atomic mass is 9.96. The summed E-state index contributed by atoms with van der Waals surface area (Å²) in [6, 6.07) is 8.33. The van der Waals surface area contributed by atoms with E-state index in [0.29, 0.717) is 6.54 Å². The lowest BCUT2D eigenvalue weighted by Crippen LogP contribution is -2.44. The van der Waals surface area contributed by atoms with Gasteiger partial charge in [0.15, 0.2) is 0 Å². The number of hydrogen-bond acceptors (Lipinski definition) is 4. The van der Waals surface area contributed by atoms with Gasteiger partial charge in [0.05, 0.1) is 11.6 Å². The summed E-state index contributed by atoms with van der Waals surface area (Å²) in [5.41, 5.74) is 1.68. The fourth-order valence-electron chi connectivity index (χ4n) is 3.20. The summed E-state index contributed by atoms with van der Waals surface area (Å²) in [6.45, 7) is 4.92. The predicted octanol–water partition coefficient (Wildman–Crippen LogP) is 3.90. The third-order valence-electron chi connectivity index (χ3n) is 4.64. The average Bonchev–Trinajstić information content (AvgIpc) is 2.92. The molecule has 2 aromatic rings. The van der Waals surface area contributed by atoms with Gasteiger partial charge in [0, 0.05) is 17.5 Å². The molecule has 3 nitrogen and oxygen atoms in total. The lowest BCUT2D eigenvalue weighted by Gasteiger charge is -2.33. The molecule has 1 aliphatic heterocycles. The second-order valence-corrected chi connectivity index (χ2v) is 7.46. The normalized spacial score (nSPS) is 19.4. The van der Waals surface area contributed by atoms with Crippen LogP contribution in [0.25, 0.3) is 11.0 Å². The number of nitrogens with one attached hydrogen (secondary N) is 1. The van der Waals surface area contributed by atoms with Gasteiger partial charge in [-0.15, -0.1) is 0 Å². The maximum absolute atomic E-state index is 10.6. The van der Waals surface area contributed by atoms with Crippen LogP contribution in [0.5, 0.6) is 0 Å². The van der Waals surface area contributed by atoms with Crippen LogP contribution < -0.4 is 5.32 Å². The Balaban J connectivity index is 1.75. The number of rotatable bonds is 5. The highest BCUT2D eigenvalue weighted by atomic mass is 32.2. The Labute approximate surface area is 136 Å². The molecule has 0 bridgehead atoms. The number of aryl methyl sites for hydroxylation is 1. The maximum atomic E-state index is 10.6. The van der Waals surface area contributed by atoms with Crippen molar-refractivity contribution in [3.63, 3.8) is 0 Å². The monoisotopic (exact) mass is 319 g/mol. The van der Waals surface area contributed by atoms with Gasteiger partial charge in [0.1, 0.15) is 11.3 Å². The summed E-state index contributed by atoms with van der Waals surface area (Å²) in [6.07, 6.45) is 2.70. The zero-order valence-corrected chi connectivity index (χ0v) is 14.2. The van der Waals surface area contributed by atoms with Crippen LogP contribution in [0.3, 0.4) is 0 Å². The van der Waals surface area contributed by atoms with Gasteiger partial charge in [0.25, 0.3) is 0 Å². The Morgan fingerprint density at radius 1 is 1.32 bits per heavy atom. The highest BCUT2D eigenvalue weighted by Crippen LogP contribution is 2.31. The molecular weight excluding hydrogens is 294 g/mol. The van der Waals surface area contributed by atoms with Crippen molar-refractivity contribution in [3.8, 4) is 0 Å². The van der Waals surface area contributed by atoms with E-state index < -0.39 is 5.60 Å². The first kappa shape index (κ1) is 15.9. The zero-order valence-electron chi connectivity index (χ0n) is 13.4. The molecule has 1 aromatic carbocycles. The van der Waals surface area contributed by atoms with Gasteiger partial charge in [0.2, 0.25) is 0 Å². The SMILES string of the molecule is CCc1c(C(C)NCC2(O)CCSCC2)oc2ccccc12. The van der Waals surface area contributed by atoms with Crippen molar-refractivity contribution in [1.82, 2.24) is 5.32 Å². The molecule has 2 N–H and O–H groups in total. The van der Waals surface area contributed by atoms with Gasteiger partial charge < -0.3 is 14.8 Å². The number of benzene rings is 1. The Morgan fingerprint density at radius 3 is 2.77 bits per heavy atom. The third kappa shape index (κ3) is 3.19. The molecule has 0 aliphatic carbocycles. The van der Waals surface area contributed by atoms with Gasteiger partial charge >= 0.3 is 0 Å². The van der Waals surface area contributed by atoms with Crippen molar-refractivity contribution in [2.75, 3.05) is 18.1 Å². The number of para-hydroxylation sites is 1. The van der Waals surface area contributed by atoms with E-state index in [1.165, 1.54) is 10.9 Å². The summed E-state index contributed by atoms with van der Waals surface area (Å²) in [4.78, 5) is 0. The molecule has 0 radical (unpaired) electrons. The molecule has 0 spiro atoms. The van der Waals surface area contributed by atoms with Crippen LogP contribution in [-0.4, -0.2) is 28.8 Å². The van der Waals surface area contributed by atoms with Crippen LogP contribution in [-0.2, 0) is 6.42 Å². The van der Waals surface area contributed by atoms with E-state index in [9.17, 15) is 5.11 Å². The van der Waals surface area contributed by atoms with Gasteiger partial charge in [-0.3, -0.25) is 0 Å². The topological polar surface area (TPSA) is 45.4 Å². The summed E-state index contributed by atoms with van der Waals surface area (Å²) in [7, 11) is 0. The fraction of sp³-hybridized carbons (Fsp3) is 0.556. The van der Waals surface area contributed by atoms with E-state index in [1.807, 2.05) is 23.9 Å². The molecule has 1 unspecified atom stereocenters. The Kier molecular flexibility index (Phi) is 4.81. The third-order valence-corrected chi connectivity index (χ3v) is 5.62. The molecule has 1 fully saturated rings. The van der Waals surface area contributed by atoms with Crippen LogP contribution >= 0.6 is 11.8 Å². The quantitative estimate of drug-likeness (QED) is 0.877. The first-order valence-electron chi connectivity index (χ1n) is 8.17. The highest BCUT2D eigenvalue weighted by Gasteiger charge is 2.30. The van der Waals surface area contributed by atoms with Crippen molar-refractivity contribution in [1.29, 1.82) is 0 Å². The number of fused-ring (bicyclic) bond motifs is 1. The van der Waals surface area contributed by atoms with Crippen LogP contribution in [0, 0.1) is 0 Å². The summed E-state index contributed by atoms with van der Waals surface area (Å²) < 4.78 is 6.08. The van der Waals surface area contributed by atoms with E-state index >= 15 is 0 Å². The zero-order chi connectivity index (χ0) is 15.6. The van der Waals surface area contributed by atoms with E-state index in [1.54, 1.807) is 0 Å². The summed E-state index contributed by atoms with van der Waals surface area (Å²) in [5, 5.41) is 15.3. The molecule has 120 valence electrons. The van der Waals surface area contributed by atoms with Crippen LogP contribution in [0.2, 0.25) is 0 Å². The molecule has 1 saturated heterocycles. The fourth-order valence-corrected chi connectivity index (χ4v) is 4.45. The molecule has 1 atom stereocenters. The Morgan fingerprint density at radius 2 is 2.05 bits per heavy atom. The lowest BCUT2D eigenvalue weighted by molar-refractivity contribution is 0.0295. The second-order valence-electron chi connectivity index (χ2n) is 6.23. The van der Waals surface area contributed by atoms with Crippen molar-refractivity contribution >= 4 is 22.7 Å². The number of furan rings is 1. The molecule has 0 amide bonds. The molecule has 1 aliphatic rings. The second kappa shape index (κ2) is 6.65. The van der Waals surface area contributed by atoms with Crippen LogP contribution in [0.1, 0.15) is 44.1 Å². The molecule has 0 saturated carbocycles. The maximum Gasteiger partial charge on any atom is 0.134 e. The smallest absolute Gasteiger partial charge is 0.134 e. The highest BCUT2D eigenvalue weighted by molar-refractivity contribution is 7.99. The Hall–Kier alpha value is -0.970. The number of hydrogen-bond donors (Lipinski definition) is 2. The van der Waals surface area contributed by atoms with E-state index in [0.717, 1.165) is 42.1 Å². The van der Waals surface area contributed by atoms with Crippen LogP contribution in [0.4, 0.5) is 0 Å². The number of aliphatic hydroxyl groups is 1. The van der Waals surface area contributed by atoms with Gasteiger partial charge in [-0.1, -0.05) is 25.1 Å². The first-order valence-corrected chi connectivity index (χ1v) is 9.32. The van der Waals surface area contributed by atoms with E-state index in [2.05, 4.69) is 31.3 Å². The van der Waals surface area contributed by atoms with Crippen molar-refractivity contribution in [2.24, 2.45) is 0 Å². The van der Waals surface area contributed by atoms with Gasteiger partial charge in [-0.25, -0.2) is 0 Å². The first-order chi connectivity index (χ1) is 10.6. The number of thioether (sulfide) groups is 1. The Bertz CT molecular complexity index is 631. The standard InChI is InChI=1S/C18H25NO2S/c1-3-14-15-6-4-5-7-16(15)21-17(14)13(2)19-12-18(20)8-10-22-11-9-18/h4-7,13,19-20H,3,8-12H2,1-2H3. The molecule has 4 heteroatoms. The van der Waals surface area contributed by atoms with Gasteiger partial charge in [-0.05, 0) is 43.8 Å². The summed E-state index contributed by atoms with van der Waals surface area (Å²) >= 11 is 1.93. The minimum Gasteiger partial charge on any atom is -0.459 e. The van der Waals surface area contributed by atoms with Gasteiger partial charge in [-0.2, -0.15) is 11.8 Å².